The summed E-state index contributed by atoms with van der Waals surface area (Å²) in [5.41, 5.74) is 12.5. The number of carbonyl (C=O) groups excluding carboxylic acids is 1. The lowest BCUT2D eigenvalue weighted by atomic mass is 9.81. The molecule has 2 aliphatic heterocycles. The van der Waals surface area contributed by atoms with Crippen molar-refractivity contribution in [1.29, 1.82) is 0 Å². The molecule has 3 aliphatic rings. The maximum Gasteiger partial charge on any atom is 0.306 e. The van der Waals surface area contributed by atoms with Crippen molar-refractivity contribution in [3.8, 4) is 0 Å². The van der Waals surface area contributed by atoms with Gasteiger partial charge < -0.3 is 23.9 Å². The highest BCUT2D eigenvalue weighted by atomic mass is 32.2. The number of nitrogens with zero attached hydrogens (tertiary/aromatic N) is 4. The van der Waals surface area contributed by atoms with Gasteiger partial charge in [0.05, 0.1) is 72.1 Å². The average Bonchev–Trinajstić information content (AvgIpc) is 3.54. The standard InChI is InChI=1S/C56H78N5O5S/c1-40-20-29-48-46(38-40)55(5,6)50(58(48)34-16-36-60(9,10)11)31-24-42-18-15-19-43(53(42)57-44-26-21-41(22-27-44)23-33-52(62)66-54(2,3)4)25-32-51-56(7,8)47-39-45(67(63,64)65)28-30-49(47)59(51)35-17-37-61(12,13)14/h20-22,24-32,38-39H,15-19,23,33-37H2,1-14H3/q+1/p+2. The molecule has 0 aromatic heterocycles. The van der Waals surface area contributed by atoms with Crippen molar-refractivity contribution in [3.63, 3.8) is 0 Å². The van der Waals surface area contributed by atoms with E-state index in [-0.39, 0.29) is 16.3 Å². The minimum absolute atomic E-state index is 0.0901. The second kappa shape index (κ2) is 19.7. The molecule has 0 radical (unpaired) electrons. The Morgan fingerprint density at radius 1 is 0.851 bits per heavy atom. The van der Waals surface area contributed by atoms with Crippen LogP contribution in [0.1, 0.15) is 109 Å². The lowest BCUT2D eigenvalue weighted by Gasteiger charge is -2.29. The Morgan fingerprint density at radius 2 is 1.52 bits per heavy atom. The number of quaternary nitrogens is 2. The number of rotatable bonds is 17. The number of fused-ring (bicyclic) bond motifs is 2. The highest BCUT2D eigenvalue weighted by Gasteiger charge is 2.45. The fourth-order valence-electron chi connectivity index (χ4n) is 9.81. The number of ether oxygens (including phenoxy) is 1. The van der Waals surface area contributed by atoms with Crippen molar-refractivity contribution >= 4 is 38.9 Å². The van der Waals surface area contributed by atoms with E-state index in [4.69, 9.17) is 4.74 Å². The van der Waals surface area contributed by atoms with Crippen molar-refractivity contribution in [2.75, 3.05) is 78.7 Å². The van der Waals surface area contributed by atoms with Gasteiger partial charge in [0.2, 0.25) is 5.69 Å². The van der Waals surface area contributed by atoms with Crippen LogP contribution < -0.4 is 10.2 Å². The number of hydrogen-bond acceptors (Lipinski definition) is 6. The van der Waals surface area contributed by atoms with E-state index in [9.17, 15) is 17.8 Å². The summed E-state index contributed by atoms with van der Waals surface area (Å²) in [7, 11) is 8.99. The number of benzene rings is 3. The summed E-state index contributed by atoms with van der Waals surface area (Å²) in [6.45, 7) is 20.6. The first kappa shape index (κ1) is 51.6. The van der Waals surface area contributed by atoms with Gasteiger partial charge in [-0.25, -0.2) is 0 Å². The third-order valence-electron chi connectivity index (χ3n) is 13.3. The van der Waals surface area contributed by atoms with E-state index in [2.05, 4.69) is 158 Å². The molecule has 10 nitrogen and oxygen atoms in total. The van der Waals surface area contributed by atoms with E-state index in [1.807, 2.05) is 26.8 Å². The van der Waals surface area contributed by atoms with Crippen LogP contribution in [-0.4, -0.2) is 112 Å². The molecule has 0 fully saturated rings. The van der Waals surface area contributed by atoms with Crippen molar-refractivity contribution in [2.45, 2.75) is 122 Å². The number of nitrogens with one attached hydrogen (secondary N) is 1. The molecular formula is C56H80N5O5S+3. The Morgan fingerprint density at radius 3 is 2.16 bits per heavy atom. The van der Waals surface area contributed by atoms with Crippen molar-refractivity contribution in [3.05, 3.63) is 130 Å². The van der Waals surface area contributed by atoms with Crippen LogP contribution in [0.5, 0.6) is 0 Å². The van der Waals surface area contributed by atoms with Gasteiger partial charge in [-0.2, -0.15) is 13.0 Å². The van der Waals surface area contributed by atoms with Crippen LogP contribution >= 0.6 is 0 Å². The van der Waals surface area contributed by atoms with Crippen molar-refractivity contribution in [1.82, 2.24) is 0 Å². The Kier molecular flexibility index (Phi) is 15.1. The van der Waals surface area contributed by atoms with E-state index in [1.165, 1.54) is 39.7 Å². The Labute approximate surface area is 403 Å². The topological polar surface area (TPSA) is 98.9 Å². The zero-order valence-corrected chi connectivity index (χ0v) is 44.0. The third kappa shape index (κ3) is 12.8. The molecule has 6 rings (SSSR count). The van der Waals surface area contributed by atoms with Crippen LogP contribution in [0.4, 0.5) is 17.1 Å². The molecule has 0 saturated carbocycles. The monoisotopic (exact) mass is 935 g/mol. The molecule has 0 saturated heterocycles. The number of hydrogen-bond donors (Lipinski definition) is 2. The van der Waals surface area contributed by atoms with E-state index >= 15 is 0 Å². The number of carbonyl (C=O) groups is 1. The van der Waals surface area contributed by atoms with Crippen LogP contribution in [0.15, 0.2) is 112 Å². The quantitative estimate of drug-likeness (QED) is 0.0602. The minimum Gasteiger partial charge on any atom is -0.460 e. The first-order valence-electron chi connectivity index (χ1n) is 24.2. The summed E-state index contributed by atoms with van der Waals surface area (Å²) in [6, 6.07) is 20.3. The van der Waals surface area contributed by atoms with Crippen molar-refractivity contribution in [2.24, 2.45) is 0 Å². The minimum atomic E-state index is -4.39. The Hall–Kier alpha value is -4.81. The predicted octanol–water partition coefficient (Wildman–Crippen LogP) is 10.8. The summed E-state index contributed by atoms with van der Waals surface area (Å²) in [5.74, 6) is -0.199. The summed E-state index contributed by atoms with van der Waals surface area (Å²) in [5, 5.41) is 3.89. The zero-order valence-electron chi connectivity index (χ0n) is 43.1. The zero-order chi connectivity index (χ0) is 49.3. The van der Waals surface area contributed by atoms with Gasteiger partial charge in [-0.3, -0.25) is 9.35 Å². The van der Waals surface area contributed by atoms with Crippen LogP contribution in [-0.2, 0) is 36.9 Å². The highest BCUT2D eigenvalue weighted by Crippen LogP contribution is 2.48. The summed E-state index contributed by atoms with van der Waals surface area (Å²) >= 11 is 0. The lowest BCUT2D eigenvalue weighted by Crippen LogP contribution is -2.37. The number of allylic oxidation sites excluding steroid dienone is 7. The molecule has 3 aromatic carbocycles. The van der Waals surface area contributed by atoms with Crippen LogP contribution in [0.2, 0.25) is 0 Å². The van der Waals surface area contributed by atoms with Crippen LogP contribution in [0.3, 0.4) is 0 Å². The number of aryl methyl sites for hydroxylation is 2. The van der Waals surface area contributed by atoms with Crippen LogP contribution in [0.25, 0.3) is 0 Å². The van der Waals surface area contributed by atoms with E-state index < -0.39 is 21.1 Å². The van der Waals surface area contributed by atoms with Crippen LogP contribution in [0, 0.1) is 6.92 Å². The molecule has 0 unspecified atom stereocenters. The SMILES string of the molecule is Cc1ccc2c(c1)C(C)(C)C(=CC=C1CCCC(C=CC3=[N+](CCC[N+](C)(C)C)c4ccc(S(=O)(=O)O)cc4C3(C)C)=C1Nc1ccc(CCC(=O)OC(C)(C)C)cc1)N2CCC[N+](C)(C)C. The number of esters is 1. The second-order valence-electron chi connectivity index (χ2n) is 23.1. The molecule has 0 amide bonds. The Bertz CT molecular complexity index is 2610. The first-order chi connectivity index (χ1) is 31.0. The molecule has 0 spiro atoms. The maximum absolute atomic E-state index is 12.5. The van der Waals surface area contributed by atoms with Gasteiger partial charge in [-0.05, 0) is 126 Å². The van der Waals surface area contributed by atoms with Gasteiger partial charge in [0, 0.05) is 65.3 Å². The molecule has 0 atom stereocenters. The fraction of sp³-hybridized carbons (Fsp3) is 0.500. The third-order valence-corrected chi connectivity index (χ3v) is 14.2. The molecule has 2 N–H and O–H groups in total. The lowest BCUT2D eigenvalue weighted by molar-refractivity contribution is -0.871. The molecule has 3 aromatic rings. The van der Waals surface area contributed by atoms with Crippen molar-refractivity contribution < 1.29 is 36.0 Å². The summed E-state index contributed by atoms with van der Waals surface area (Å²) < 4.78 is 44.5. The van der Waals surface area contributed by atoms with Gasteiger partial charge in [0.25, 0.3) is 10.1 Å². The Balaban J connectivity index is 1.44. The molecule has 0 bridgehead atoms. The molecule has 67 heavy (non-hydrogen) atoms. The predicted molar refractivity (Wildman–Crippen MR) is 276 cm³/mol. The van der Waals surface area contributed by atoms with Gasteiger partial charge in [-0.1, -0.05) is 55.8 Å². The van der Waals surface area contributed by atoms with Gasteiger partial charge >= 0.3 is 5.97 Å². The second-order valence-corrected chi connectivity index (χ2v) is 24.5. The highest BCUT2D eigenvalue weighted by molar-refractivity contribution is 7.85. The van der Waals surface area contributed by atoms with E-state index in [1.54, 1.807) is 6.07 Å². The summed E-state index contributed by atoms with van der Waals surface area (Å²) in [6.07, 6.45) is 14.9. The van der Waals surface area contributed by atoms with Gasteiger partial charge in [-0.15, -0.1) is 0 Å². The number of anilines is 2. The molecule has 2 heterocycles. The first-order valence-corrected chi connectivity index (χ1v) is 25.6. The molecule has 362 valence electrons. The van der Waals surface area contributed by atoms with Gasteiger partial charge in [0.1, 0.15) is 5.60 Å². The maximum atomic E-state index is 12.5. The van der Waals surface area contributed by atoms with E-state index in [0.29, 0.717) is 12.8 Å². The normalized spacial score (nSPS) is 18.6. The smallest absolute Gasteiger partial charge is 0.306 e. The summed E-state index contributed by atoms with van der Waals surface area (Å²) in [4.78, 5) is 15.0. The average molecular weight is 935 g/mol. The largest absolute Gasteiger partial charge is 0.460 e. The molecule has 11 heteroatoms. The van der Waals surface area contributed by atoms with Gasteiger partial charge in [0.15, 0.2) is 12.3 Å². The molecule has 1 aliphatic carbocycles. The molecular weight excluding hydrogens is 855 g/mol. The fourth-order valence-corrected chi connectivity index (χ4v) is 10.3. The van der Waals surface area contributed by atoms with E-state index in [0.717, 1.165) is 101 Å².